The Hall–Kier alpha value is -1.59. The van der Waals surface area contributed by atoms with Crippen molar-refractivity contribution < 1.29 is 19.8 Å². The van der Waals surface area contributed by atoms with E-state index in [-0.39, 0.29) is 24.4 Å². The summed E-state index contributed by atoms with van der Waals surface area (Å²) in [4.78, 5) is 21.5. The molecule has 1 rings (SSSR count). The van der Waals surface area contributed by atoms with E-state index >= 15 is 0 Å². The van der Waals surface area contributed by atoms with Crippen molar-refractivity contribution in [1.82, 2.24) is 0 Å². The number of carboxylic acid groups (broad SMARTS) is 2. The van der Waals surface area contributed by atoms with Crippen LogP contribution in [-0.4, -0.2) is 27.7 Å². The van der Waals surface area contributed by atoms with E-state index in [0.29, 0.717) is 5.56 Å². The van der Waals surface area contributed by atoms with Crippen LogP contribution in [0.2, 0.25) is 0 Å². The number of aliphatic carboxylic acids is 1. The predicted octanol–water partition coefficient (Wildman–Crippen LogP) is 1.15. The van der Waals surface area contributed by atoms with Gasteiger partial charge in [0.15, 0.2) is 0 Å². The zero-order valence-corrected chi connectivity index (χ0v) is 10.0. The van der Waals surface area contributed by atoms with Crippen molar-refractivity contribution in [2.24, 2.45) is 5.73 Å². The highest BCUT2D eigenvalue weighted by atomic mass is 35.5. The van der Waals surface area contributed by atoms with Gasteiger partial charge in [-0.1, -0.05) is 12.1 Å². The summed E-state index contributed by atoms with van der Waals surface area (Å²) in [6.07, 6.45) is 0.0868. The van der Waals surface area contributed by atoms with E-state index in [9.17, 15) is 9.59 Å². The second-order valence-corrected chi connectivity index (χ2v) is 3.90. The van der Waals surface area contributed by atoms with Crippen LogP contribution in [0.4, 0.5) is 0 Å². The van der Waals surface area contributed by atoms with Gasteiger partial charge in [-0.15, -0.1) is 12.4 Å². The van der Waals surface area contributed by atoms with Gasteiger partial charge < -0.3 is 15.9 Å². The van der Waals surface area contributed by atoms with Crippen LogP contribution in [0.15, 0.2) is 24.3 Å². The van der Waals surface area contributed by atoms with Crippen LogP contribution in [0.3, 0.4) is 0 Å². The van der Waals surface area contributed by atoms with Gasteiger partial charge in [-0.05, 0) is 24.6 Å². The van der Waals surface area contributed by atoms with Gasteiger partial charge in [0.05, 0.1) is 5.56 Å². The lowest BCUT2D eigenvalue weighted by atomic mass is 9.93. The third-order valence-electron chi connectivity index (χ3n) is 2.23. The average Bonchev–Trinajstić information content (AvgIpc) is 2.17. The third-order valence-corrected chi connectivity index (χ3v) is 2.23. The minimum atomic E-state index is -1.39. The Morgan fingerprint density at radius 2 is 1.94 bits per heavy atom. The molecule has 0 spiro atoms. The van der Waals surface area contributed by atoms with E-state index in [4.69, 9.17) is 15.9 Å². The highest BCUT2D eigenvalue weighted by Gasteiger charge is 2.28. The summed E-state index contributed by atoms with van der Waals surface area (Å²) in [6, 6.07) is 6.09. The molecule has 0 aliphatic rings. The van der Waals surface area contributed by atoms with Gasteiger partial charge in [0, 0.05) is 6.42 Å². The maximum Gasteiger partial charge on any atom is 0.335 e. The summed E-state index contributed by atoms with van der Waals surface area (Å²) in [5.74, 6) is -2.16. The zero-order chi connectivity index (χ0) is 12.3. The number of nitrogens with two attached hydrogens (primary N) is 1. The van der Waals surface area contributed by atoms with Gasteiger partial charge in [-0.3, -0.25) is 4.79 Å². The molecule has 17 heavy (non-hydrogen) atoms. The molecule has 94 valence electrons. The zero-order valence-electron chi connectivity index (χ0n) is 9.21. The molecule has 1 unspecified atom stereocenters. The molecule has 1 aromatic carbocycles. The Bertz CT molecular complexity index is 431. The van der Waals surface area contributed by atoms with E-state index in [1.165, 1.54) is 19.1 Å². The van der Waals surface area contributed by atoms with Crippen molar-refractivity contribution in [3.63, 3.8) is 0 Å². The Balaban J connectivity index is 0.00000256. The molecule has 0 aliphatic carbocycles. The maximum atomic E-state index is 10.8. The van der Waals surface area contributed by atoms with Crippen molar-refractivity contribution in [1.29, 1.82) is 0 Å². The summed E-state index contributed by atoms with van der Waals surface area (Å²) in [6.45, 7) is 1.39. The fourth-order valence-corrected chi connectivity index (χ4v) is 1.31. The van der Waals surface area contributed by atoms with Gasteiger partial charge in [0.25, 0.3) is 0 Å². The van der Waals surface area contributed by atoms with E-state index in [1.807, 2.05) is 0 Å². The summed E-state index contributed by atoms with van der Waals surface area (Å²) in [7, 11) is 0. The molecule has 0 aromatic heterocycles. The molecular weight excluding hydrogens is 246 g/mol. The van der Waals surface area contributed by atoms with Crippen LogP contribution < -0.4 is 5.73 Å². The Morgan fingerprint density at radius 1 is 1.35 bits per heavy atom. The molecule has 0 saturated carbocycles. The molecule has 4 N–H and O–H groups in total. The van der Waals surface area contributed by atoms with E-state index in [2.05, 4.69) is 0 Å². The summed E-state index contributed by atoms with van der Waals surface area (Å²) in [5.41, 5.74) is 4.89. The first kappa shape index (κ1) is 15.4. The monoisotopic (exact) mass is 259 g/mol. The second kappa shape index (κ2) is 5.65. The summed E-state index contributed by atoms with van der Waals surface area (Å²) < 4.78 is 0. The lowest BCUT2D eigenvalue weighted by molar-refractivity contribution is -0.142. The first-order valence-electron chi connectivity index (χ1n) is 4.67. The minimum absolute atomic E-state index is 0. The van der Waals surface area contributed by atoms with Gasteiger partial charge >= 0.3 is 11.9 Å². The lowest BCUT2D eigenvalue weighted by Gasteiger charge is -2.19. The average molecular weight is 260 g/mol. The topological polar surface area (TPSA) is 101 Å². The Morgan fingerprint density at radius 3 is 2.41 bits per heavy atom. The summed E-state index contributed by atoms with van der Waals surface area (Å²) >= 11 is 0. The number of halogens is 1. The van der Waals surface area contributed by atoms with Crippen molar-refractivity contribution >= 4 is 24.3 Å². The minimum Gasteiger partial charge on any atom is -0.480 e. The molecule has 1 atom stereocenters. The van der Waals surface area contributed by atoms with E-state index in [1.54, 1.807) is 12.1 Å². The van der Waals surface area contributed by atoms with Crippen molar-refractivity contribution in [3.05, 3.63) is 35.4 Å². The molecule has 0 bridgehead atoms. The largest absolute Gasteiger partial charge is 0.480 e. The number of carboxylic acids is 2. The molecule has 0 heterocycles. The normalized spacial score (nSPS) is 13.3. The number of hydrogen-bond donors (Lipinski definition) is 3. The van der Waals surface area contributed by atoms with Crippen LogP contribution in [0.1, 0.15) is 22.8 Å². The first-order chi connectivity index (χ1) is 7.33. The molecule has 0 fully saturated rings. The molecule has 1 aromatic rings. The second-order valence-electron chi connectivity index (χ2n) is 3.90. The smallest absolute Gasteiger partial charge is 0.335 e. The molecule has 5 nitrogen and oxygen atoms in total. The van der Waals surface area contributed by atoms with E-state index in [0.717, 1.165) is 0 Å². The first-order valence-corrected chi connectivity index (χ1v) is 4.67. The van der Waals surface area contributed by atoms with Crippen LogP contribution in [-0.2, 0) is 11.2 Å². The van der Waals surface area contributed by atoms with Crippen LogP contribution >= 0.6 is 12.4 Å². The molecule has 0 aliphatic heterocycles. The van der Waals surface area contributed by atoms with Crippen LogP contribution in [0, 0.1) is 0 Å². The van der Waals surface area contributed by atoms with E-state index < -0.39 is 17.5 Å². The fraction of sp³-hybridized carbons (Fsp3) is 0.273. The van der Waals surface area contributed by atoms with Crippen molar-refractivity contribution in [3.8, 4) is 0 Å². The standard InChI is InChI=1S/C11H13NO4.ClH/c1-11(12,10(15)16)6-7-3-2-4-8(5-7)9(13)14;/h2-5H,6,12H2,1H3,(H,13,14)(H,15,16);1H. The maximum absolute atomic E-state index is 10.8. The van der Waals surface area contributed by atoms with Crippen molar-refractivity contribution in [2.45, 2.75) is 18.9 Å². The molecule has 0 radical (unpaired) electrons. The van der Waals surface area contributed by atoms with Gasteiger partial charge in [-0.25, -0.2) is 4.79 Å². The lowest BCUT2D eigenvalue weighted by Crippen LogP contribution is -2.46. The molecular formula is C11H14ClNO4. The van der Waals surface area contributed by atoms with Crippen molar-refractivity contribution in [2.75, 3.05) is 0 Å². The number of carbonyl (C=O) groups is 2. The number of rotatable bonds is 4. The van der Waals surface area contributed by atoms with Gasteiger partial charge in [0.2, 0.25) is 0 Å². The Labute approximate surface area is 105 Å². The quantitative estimate of drug-likeness (QED) is 0.753. The molecule has 0 saturated heterocycles. The van der Waals surface area contributed by atoms with Gasteiger partial charge in [-0.2, -0.15) is 0 Å². The number of hydrogen-bond acceptors (Lipinski definition) is 3. The summed E-state index contributed by atoms with van der Waals surface area (Å²) in [5, 5.41) is 17.6. The SMILES string of the molecule is CC(N)(Cc1cccc(C(=O)O)c1)C(=O)O.Cl. The fourth-order valence-electron chi connectivity index (χ4n) is 1.31. The number of benzene rings is 1. The van der Waals surface area contributed by atoms with Gasteiger partial charge in [0.1, 0.15) is 5.54 Å². The third kappa shape index (κ3) is 4.05. The predicted molar refractivity (Wildman–Crippen MR) is 64.6 cm³/mol. The highest BCUT2D eigenvalue weighted by molar-refractivity contribution is 5.87. The molecule has 0 amide bonds. The van der Waals surface area contributed by atoms with Crippen LogP contribution in [0.5, 0.6) is 0 Å². The molecule has 6 heteroatoms. The highest BCUT2D eigenvalue weighted by Crippen LogP contribution is 2.13. The van der Waals surface area contributed by atoms with Crippen LogP contribution in [0.25, 0.3) is 0 Å². The number of aromatic carboxylic acids is 1. The Kier molecular flexibility index (Phi) is 5.12.